The first-order chi connectivity index (χ1) is 9.31. The molecule has 1 aromatic carbocycles. The summed E-state index contributed by atoms with van der Waals surface area (Å²) in [5.74, 6) is 1.30. The predicted molar refractivity (Wildman–Crippen MR) is 73.5 cm³/mol. The summed E-state index contributed by atoms with van der Waals surface area (Å²) in [5.41, 5.74) is 1.71. The largest absolute Gasteiger partial charge is 0.457 e. The van der Waals surface area contributed by atoms with Crippen molar-refractivity contribution in [3.05, 3.63) is 41.8 Å². The molecule has 0 spiro atoms. The zero-order valence-electron chi connectivity index (χ0n) is 10.6. The number of rotatable bonds is 1. The summed E-state index contributed by atoms with van der Waals surface area (Å²) in [7, 11) is 0. The number of ketones is 1. The summed E-state index contributed by atoms with van der Waals surface area (Å²) in [6.45, 7) is 2.00. The van der Waals surface area contributed by atoms with Crippen molar-refractivity contribution >= 4 is 22.8 Å². The van der Waals surface area contributed by atoms with Crippen LogP contribution >= 0.6 is 0 Å². The lowest BCUT2D eigenvalue weighted by Crippen LogP contribution is -2.45. The van der Waals surface area contributed by atoms with E-state index in [9.17, 15) is 4.79 Å². The maximum atomic E-state index is 12.3. The smallest absolute Gasteiger partial charge is 0.182 e. The molecule has 0 amide bonds. The second-order valence-electron chi connectivity index (χ2n) is 5.34. The van der Waals surface area contributed by atoms with Crippen molar-refractivity contribution < 1.29 is 9.21 Å². The summed E-state index contributed by atoms with van der Waals surface area (Å²) in [5, 5.41) is 1.08. The van der Waals surface area contributed by atoms with Crippen LogP contribution in [-0.2, 0) is 4.79 Å². The number of benzene rings is 1. The molecule has 3 aliphatic heterocycles. The third kappa shape index (κ3) is 1.69. The second kappa shape index (κ2) is 3.98. The standard InChI is InChI=1S/C16H15NO2/c18-16-11-5-7-17(8-6-11)14(16)10-13-9-12-3-1-2-4-15(12)19-13/h1-4,9-11H,5-8H2/b14-10+. The highest BCUT2D eigenvalue weighted by Crippen LogP contribution is 2.33. The van der Waals surface area contributed by atoms with Gasteiger partial charge in [0.05, 0.1) is 5.70 Å². The molecule has 3 aliphatic rings. The summed E-state index contributed by atoms with van der Waals surface area (Å²) in [6.07, 6.45) is 3.93. The lowest BCUT2D eigenvalue weighted by molar-refractivity contribution is -0.125. The number of allylic oxidation sites excluding steroid dienone is 1. The molecule has 3 nitrogen and oxygen atoms in total. The van der Waals surface area contributed by atoms with Crippen LogP contribution < -0.4 is 0 Å². The average Bonchev–Trinajstić information content (AvgIpc) is 2.85. The highest BCUT2D eigenvalue weighted by Gasteiger charge is 2.36. The van der Waals surface area contributed by atoms with E-state index in [0.717, 1.165) is 48.4 Å². The van der Waals surface area contributed by atoms with Gasteiger partial charge in [0.1, 0.15) is 11.3 Å². The Kier molecular flexibility index (Phi) is 2.28. The van der Waals surface area contributed by atoms with Gasteiger partial charge in [-0.05, 0) is 25.0 Å². The van der Waals surface area contributed by atoms with Gasteiger partial charge in [0.25, 0.3) is 0 Å². The minimum Gasteiger partial charge on any atom is -0.457 e. The van der Waals surface area contributed by atoms with Crippen LogP contribution in [0, 0.1) is 5.92 Å². The Bertz CT molecular complexity index is 642. The maximum Gasteiger partial charge on any atom is 0.182 e. The van der Waals surface area contributed by atoms with E-state index in [1.165, 1.54) is 0 Å². The van der Waals surface area contributed by atoms with Crippen molar-refractivity contribution in [2.75, 3.05) is 13.1 Å². The fourth-order valence-corrected chi connectivity index (χ4v) is 3.12. The van der Waals surface area contributed by atoms with Crippen LogP contribution in [0.15, 0.2) is 40.4 Å². The summed E-state index contributed by atoms with van der Waals surface area (Å²) < 4.78 is 5.77. The van der Waals surface area contributed by atoms with Crippen molar-refractivity contribution in [2.45, 2.75) is 12.8 Å². The Balaban J connectivity index is 1.76. The van der Waals surface area contributed by atoms with Crippen molar-refractivity contribution in [1.29, 1.82) is 0 Å². The molecular weight excluding hydrogens is 238 g/mol. The van der Waals surface area contributed by atoms with Crippen molar-refractivity contribution in [3.63, 3.8) is 0 Å². The first-order valence-electron chi connectivity index (χ1n) is 6.81. The zero-order valence-corrected chi connectivity index (χ0v) is 10.6. The van der Waals surface area contributed by atoms with Gasteiger partial charge in [0, 0.05) is 30.5 Å². The molecule has 96 valence electrons. The molecule has 3 fully saturated rings. The van der Waals surface area contributed by atoms with Crippen LogP contribution in [0.1, 0.15) is 18.6 Å². The number of furan rings is 1. The van der Waals surface area contributed by atoms with Gasteiger partial charge in [0.15, 0.2) is 5.78 Å². The molecule has 4 heterocycles. The molecule has 2 bridgehead atoms. The molecule has 19 heavy (non-hydrogen) atoms. The van der Waals surface area contributed by atoms with Crippen molar-refractivity contribution in [2.24, 2.45) is 5.92 Å². The number of piperidine rings is 3. The summed E-state index contributed by atoms with van der Waals surface area (Å²) in [6, 6.07) is 9.92. The quantitative estimate of drug-likeness (QED) is 0.732. The van der Waals surface area contributed by atoms with Crippen molar-refractivity contribution in [3.8, 4) is 0 Å². The van der Waals surface area contributed by atoms with Crippen LogP contribution in [0.5, 0.6) is 0 Å². The Hall–Kier alpha value is -2.03. The normalized spacial score (nSPS) is 21.8. The van der Waals surface area contributed by atoms with E-state index in [-0.39, 0.29) is 11.7 Å². The maximum absolute atomic E-state index is 12.3. The Morgan fingerprint density at radius 1 is 1.21 bits per heavy atom. The van der Waals surface area contributed by atoms with Gasteiger partial charge < -0.3 is 9.32 Å². The number of carbonyl (C=O) groups is 1. The van der Waals surface area contributed by atoms with Gasteiger partial charge >= 0.3 is 0 Å². The molecule has 0 saturated carbocycles. The van der Waals surface area contributed by atoms with E-state index in [1.807, 2.05) is 36.4 Å². The number of hydrogen-bond donors (Lipinski definition) is 0. The van der Waals surface area contributed by atoms with E-state index in [4.69, 9.17) is 4.42 Å². The fourth-order valence-electron chi connectivity index (χ4n) is 3.12. The molecular formula is C16H15NO2. The predicted octanol–water partition coefficient (Wildman–Crippen LogP) is 3.07. The molecule has 0 N–H and O–H groups in total. The number of carbonyl (C=O) groups excluding carboxylic acids is 1. The van der Waals surface area contributed by atoms with E-state index in [2.05, 4.69) is 4.90 Å². The van der Waals surface area contributed by atoms with Crippen LogP contribution in [0.3, 0.4) is 0 Å². The number of para-hydroxylation sites is 1. The average molecular weight is 253 g/mol. The third-order valence-electron chi connectivity index (χ3n) is 4.18. The van der Waals surface area contributed by atoms with E-state index in [1.54, 1.807) is 0 Å². The van der Waals surface area contributed by atoms with Gasteiger partial charge in [-0.3, -0.25) is 4.79 Å². The topological polar surface area (TPSA) is 33.5 Å². The highest BCUT2D eigenvalue weighted by molar-refractivity contribution is 6.02. The number of Topliss-reactive ketones (excluding diaryl/α,β-unsaturated/α-hetero) is 1. The Labute approximate surface area is 111 Å². The van der Waals surface area contributed by atoms with Crippen LogP contribution in [0.2, 0.25) is 0 Å². The molecule has 5 rings (SSSR count). The summed E-state index contributed by atoms with van der Waals surface area (Å²) >= 11 is 0. The molecule has 3 saturated heterocycles. The first-order valence-corrected chi connectivity index (χ1v) is 6.81. The number of hydrogen-bond acceptors (Lipinski definition) is 3. The molecule has 3 heteroatoms. The molecule has 0 atom stereocenters. The fraction of sp³-hybridized carbons (Fsp3) is 0.312. The first kappa shape index (κ1) is 10.9. The second-order valence-corrected chi connectivity index (χ2v) is 5.34. The lowest BCUT2D eigenvalue weighted by Gasteiger charge is -2.40. The highest BCUT2D eigenvalue weighted by atomic mass is 16.3. The number of fused-ring (bicyclic) bond motifs is 4. The minimum atomic E-state index is 0.237. The van der Waals surface area contributed by atoms with Crippen LogP contribution in [0.4, 0.5) is 0 Å². The van der Waals surface area contributed by atoms with Gasteiger partial charge in [-0.2, -0.15) is 0 Å². The molecule has 1 aromatic heterocycles. The lowest BCUT2D eigenvalue weighted by atomic mass is 9.84. The van der Waals surface area contributed by atoms with E-state index < -0.39 is 0 Å². The number of nitrogens with zero attached hydrogens (tertiary/aromatic N) is 1. The van der Waals surface area contributed by atoms with E-state index >= 15 is 0 Å². The molecule has 0 radical (unpaired) electrons. The minimum absolute atomic E-state index is 0.237. The third-order valence-corrected chi connectivity index (χ3v) is 4.18. The van der Waals surface area contributed by atoms with Gasteiger partial charge in [-0.25, -0.2) is 0 Å². The molecule has 0 aliphatic carbocycles. The van der Waals surface area contributed by atoms with E-state index in [0.29, 0.717) is 0 Å². The Morgan fingerprint density at radius 2 is 2.00 bits per heavy atom. The SMILES string of the molecule is O=C1/C(=C\c2cc3ccccc3o2)N2CCC1CC2. The van der Waals surface area contributed by atoms with Crippen LogP contribution in [-0.4, -0.2) is 23.8 Å². The zero-order chi connectivity index (χ0) is 12.8. The van der Waals surface area contributed by atoms with Gasteiger partial charge in [0.2, 0.25) is 0 Å². The van der Waals surface area contributed by atoms with Gasteiger partial charge in [-0.1, -0.05) is 18.2 Å². The van der Waals surface area contributed by atoms with Crippen molar-refractivity contribution in [1.82, 2.24) is 4.90 Å². The molecule has 2 aromatic rings. The van der Waals surface area contributed by atoms with Crippen LogP contribution in [0.25, 0.3) is 17.0 Å². The monoisotopic (exact) mass is 253 g/mol. The molecule has 0 unspecified atom stereocenters. The van der Waals surface area contributed by atoms with Gasteiger partial charge in [-0.15, -0.1) is 0 Å². The summed E-state index contributed by atoms with van der Waals surface area (Å²) in [4.78, 5) is 14.4. The Morgan fingerprint density at radius 3 is 2.74 bits per heavy atom.